The molecular weight excluding hydrogens is 491 g/mol. The fourth-order valence-corrected chi connectivity index (χ4v) is 5.12. The number of rotatable bonds is 8. The van der Waals surface area contributed by atoms with Gasteiger partial charge in [-0.05, 0) is 48.9 Å². The van der Waals surface area contributed by atoms with Crippen LogP contribution in [0.3, 0.4) is 0 Å². The first kappa shape index (κ1) is 24.6. The van der Waals surface area contributed by atoms with E-state index >= 15 is 0 Å². The Morgan fingerprint density at radius 3 is 2.09 bits per heavy atom. The number of amides is 1. The summed E-state index contributed by atoms with van der Waals surface area (Å²) in [5.74, 6) is -0.456. The average Bonchev–Trinajstić information content (AvgIpc) is 2.76. The molecule has 1 N–H and O–H groups in total. The van der Waals surface area contributed by atoms with Crippen molar-refractivity contribution in [1.29, 1.82) is 0 Å². The molecule has 0 aliphatic rings. The van der Waals surface area contributed by atoms with E-state index in [4.69, 9.17) is 34.8 Å². The maximum absolute atomic E-state index is 13.4. The quantitative estimate of drug-likeness (QED) is 0.421. The summed E-state index contributed by atoms with van der Waals surface area (Å²) in [7, 11) is -4.05. The molecule has 0 heterocycles. The van der Waals surface area contributed by atoms with E-state index in [1.54, 1.807) is 18.2 Å². The molecule has 9 heteroatoms. The maximum atomic E-state index is 13.4. The molecule has 0 aliphatic carbocycles. The van der Waals surface area contributed by atoms with Gasteiger partial charge < -0.3 is 5.32 Å². The van der Waals surface area contributed by atoms with Crippen molar-refractivity contribution in [3.8, 4) is 0 Å². The Bertz CT molecular complexity index is 1170. The number of carbonyl (C=O) groups is 1. The van der Waals surface area contributed by atoms with Gasteiger partial charge in [-0.2, -0.15) is 4.31 Å². The molecule has 0 fully saturated rings. The minimum absolute atomic E-state index is 0.00832. The van der Waals surface area contributed by atoms with Crippen LogP contribution in [-0.2, 0) is 21.4 Å². The topological polar surface area (TPSA) is 66.5 Å². The fourth-order valence-electron chi connectivity index (χ4n) is 3.11. The minimum atomic E-state index is -4.05. The molecule has 0 saturated carbocycles. The van der Waals surface area contributed by atoms with Gasteiger partial charge in [0.25, 0.3) is 0 Å². The van der Waals surface area contributed by atoms with Crippen molar-refractivity contribution in [2.75, 3.05) is 6.54 Å². The van der Waals surface area contributed by atoms with E-state index < -0.39 is 22.5 Å². The molecule has 0 saturated heterocycles. The summed E-state index contributed by atoms with van der Waals surface area (Å²) >= 11 is 18.4. The molecule has 0 aliphatic heterocycles. The monoisotopic (exact) mass is 510 g/mol. The Morgan fingerprint density at radius 2 is 1.50 bits per heavy atom. The Balaban J connectivity index is 1.89. The largest absolute Gasteiger partial charge is 0.348 e. The van der Waals surface area contributed by atoms with Crippen LogP contribution in [0.1, 0.15) is 24.1 Å². The molecule has 168 valence electrons. The van der Waals surface area contributed by atoms with E-state index in [0.717, 1.165) is 9.87 Å². The van der Waals surface area contributed by atoms with Gasteiger partial charge in [-0.3, -0.25) is 4.79 Å². The molecular formula is C23H21Cl3N2O3S. The van der Waals surface area contributed by atoms with Crippen LogP contribution in [-0.4, -0.2) is 25.2 Å². The van der Waals surface area contributed by atoms with Crippen LogP contribution >= 0.6 is 34.8 Å². The number of benzene rings is 3. The molecule has 1 atom stereocenters. The third-order valence-corrected chi connectivity index (χ3v) is 7.61. The number of nitrogens with one attached hydrogen (secondary N) is 1. The highest BCUT2D eigenvalue weighted by atomic mass is 35.5. The summed E-state index contributed by atoms with van der Waals surface area (Å²) in [5.41, 5.74) is 1.32. The maximum Gasteiger partial charge on any atom is 0.243 e. The van der Waals surface area contributed by atoms with Crippen LogP contribution in [0.2, 0.25) is 15.1 Å². The lowest BCUT2D eigenvalue weighted by Crippen LogP contribution is -2.41. The van der Waals surface area contributed by atoms with Gasteiger partial charge in [-0.1, -0.05) is 71.2 Å². The third kappa shape index (κ3) is 6.03. The van der Waals surface area contributed by atoms with Gasteiger partial charge in [0.1, 0.15) is 0 Å². The average molecular weight is 512 g/mol. The molecule has 0 radical (unpaired) electrons. The highest BCUT2D eigenvalue weighted by Gasteiger charge is 2.28. The molecule has 3 rings (SSSR count). The zero-order valence-electron chi connectivity index (χ0n) is 17.1. The summed E-state index contributed by atoms with van der Waals surface area (Å²) in [4.78, 5) is 12.8. The minimum Gasteiger partial charge on any atom is -0.348 e. The SMILES string of the molecule is C[C@H](NC(=O)CN(Cc1c(Cl)cccc1Cl)S(=O)(=O)c1ccc(Cl)cc1)c1ccccc1. The number of halogens is 3. The second-order valence-electron chi connectivity index (χ2n) is 7.13. The van der Waals surface area contributed by atoms with Crippen molar-refractivity contribution in [1.82, 2.24) is 9.62 Å². The Morgan fingerprint density at radius 1 is 0.906 bits per heavy atom. The van der Waals surface area contributed by atoms with E-state index in [2.05, 4.69) is 5.32 Å². The number of sulfonamides is 1. The number of carbonyl (C=O) groups excluding carboxylic acids is 1. The third-order valence-electron chi connectivity index (χ3n) is 4.84. The highest BCUT2D eigenvalue weighted by molar-refractivity contribution is 7.89. The fraction of sp³-hybridized carbons (Fsp3) is 0.174. The smallest absolute Gasteiger partial charge is 0.243 e. The molecule has 0 aromatic heterocycles. The van der Waals surface area contributed by atoms with Crippen LogP contribution < -0.4 is 5.32 Å². The summed E-state index contributed by atoms with van der Waals surface area (Å²) in [6.45, 7) is 1.25. The lowest BCUT2D eigenvalue weighted by Gasteiger charge is -2.24. The van der Waals surface area contributed by atoms with E-state index in [9.17, 15) is 13.2 Å². The zero-order chi connectivity index (χ0) is 23.3. The van der Waals surface area contributed by atoms with Gasteiger partial charge in [0, 0.05) is 27.2 Å². The molecule has 3 aromatic carbocycles. The Kier molecular flexibility index (Phi) is 8.20. The first-order valence-corrected chi connectivity index (χ1v) is 12.3. The van der Waals surface area contributed by atoms with Crippen molar-refractivity contribution in [2.45, 2.75) is 24.4 Å². The van der Waals surface area contributed by atoms with Gasteiger partial charge in [-0.25, -0.2) is 8.42 Å². The number of hydrogen-bond acceptors (Lipinski definition) is 3. The van der Waals surface area contributed by atoms with E-state index in [0.29, 0.717) is 20.6 Å². The molecule has 32 heavy (non-hydrogen) atoms. The van der Waals surface area contributed by atoms with Crippen molar-refractivity contribution >= 4 is 50.7 Å². The molecule has 5 nitrogen and oxygen atoms in total. The van der Waals surface area contributed by atoms with E-state index in [1.165, 1.54) is 24.3 Å². The van der Waals surface area contributed by atoms with Crippen LogP contribution in [0, 0.1) is 0 Å². The van der Waals surface area contributed by atoms with Crippen molar-refractivity contribution in [3.05, 3.63) is 99.0 Å². The lowest BCUT2D eigenvalue weighted by atomic mass is 10.1. The Labute approximate surface area is 203 Å². The second kappa shape index (κ2) is 10.7. The van der Waals surface area contributed by atoms with Crippen LogP contribution in [0.5, 0.6) is 0 Å². The second-order valence-corrected chi connectivity index (χ2v) is 10.3. The van der Waals surface area contributed by atoms with Gasteiger partial charge in [-0.15, -0.1) is 0 Å². The Hall–Kier alpha value is -2.09. The highest BCUT2D eigenvalue weighted by Crippen LogP contribution is 2.28. The molecule has 3 aromatic rings. The first-order chi connectivity index (χ1) is 15.2. The number of nitrogens with zero attached hydrogens (tertiary/aromatic N) is 1. The van der Waals surface area contributed by atoms with Crippen molar-refractivity contribution in [2.24, 2.45) is 0 Å². The van der Waals surface area contributed by atoms with Crippen molar-refractivity contribution < 1.29 is 13.2 Å². The van der Waals surface area contributed by atoms with Crippen LogP contribution in [0.25, 0.3) is 0 Å². The van der Waals surface area contributed by atoms with Gasteiger partial charge in [0.15, 0.2) is 0 Å². The lowest BCUT2D eigenvalue weighted by molar-refractivity contribution is -0.122. The molecule has 0 unspecified atom stereocenters. The standard InChI is InChI=1S/C23H21Cl3N2O3S/c1-16(17-6-3-2-4-7-17)27-23(29)15-28(14-20-21(25)8-5-9-22(20)26)32(30,31)19-12-10-18(24)11-13-19/h2-13,16H,14-15H2,1H3,(H,27,29)/t16-/m0/s1. The van der Waals surface area contributed by atoms with Crippen LogP contribution in [0.4, 0.5) is 0 Å². The van der Waals surface area contributed by atoms with Gasteiger partial charge in [0.2, 0.25) is 15.9 Å². The van der Waals surface area contributed by atoms with Gasteiger partial charge in [0.05, 0.1) is 17.5 Å². The van der Waals surface area contributed by atoms with Crippen molar-refractivity contribution in [3.63, 3.8) is 0 Å². The molecule has 0 spiro atoms. The predicted molar refractivity (Wildman–Crippen MR) is 129 cm³/mol. The summed E-state index contributed by atoms with van der Waals surface area (Å²) in [6, 6.07) is 19.7. The predicted octanol–water partition coefficient (Wildman–Crippen LogP) is 5.72. The van der Waals surface area contributed by atoms with E-state index in [1.807, 2.05) is 37.3 Å². The van der Waals surface area contributed by atoms with Crippen LogP contribution in [0.15, 0.2) is 77.7 Å². The summed E-state index contributed by atoms with van der Waals surface area (Å²) in [5, 5.41) is 3.87. The molecule has 1 amide bonds. The first-order valence-electron chi connectivity index (χ1n) is 9.71. The normalized spacial score (nSPS) is 12.5. The summed E-state index contributed by atoms with van der Waals surface area (Å²) < 4.78 is 27.8. The zero-order valence-corrected chi connectivity index (χ0v) is 20.2. The van der Waals surface area contributed by atoms with Gasteiger partial charge >= 0.3 is 0 Å². The summed E-state index contributed by atoms with van der Waals surface area (Å²) in [6.07, 6.45) is 0. The number of hydrogen-bond donors (Lipinski definition) is 1. The molecule has 0 bridgehead atoms. The van der Waals surface area contributed by atoms with E-state index in [-0.39, 0.29) is 17.5 Å².